The fraction of sp³-hybridized carbons (Fsp3) is 0.188. The van der Waals surface area contributed by atoms with E-state index in [4.69, 9.17) is 0 Å². The molecule has 2 atom stereocenters. The van der Waals surface area contributed by atoms with Crippen molar-refractivity contribution in [1.29, 1.82) is 0 Å². The Hall–Kier alpha value is -2.37. The van der Waals surface area contributed by atoms with Crippen LogP contribution in [0.3, 0.4) is 0 Å². The molecule has 2 aromatic rings. The minimum atomic E-state index is -1.93. The number of aliphatic hydroxyl groups is 2. The van der Waals surface area contributed by atoms with Gasteiger partial charge in [0.2, 0.25) is 11.4 Å². The maximum atomic E-state index is 12.0. The van der Waals surface area contributed by atoms with E-state index in [2.05, 4.69) is 5.32 Å². The highest BCUT2D eigenvalue weighted by Gasteiger charge is 2.62. The molecule has 5 nitrogen and oxygen atoms in total. The molecule has 2 amide bonds. The molecule has 3 rings (SSSR count). The maximum Gasteiger partial charge on any atom is 0.322 e. The van der Waals surface area contributed by atoms with Crippen LogP contribution < -0.4 is 5.32 Å². The van der Waals surface area contributed by atoms with Crippen LogP contribution in [0.2, 0.25) is 0 Å². The van der Waals surface area contributed by atoms with Crippen molar-refractivity contribution in [1.82, 2.24) is 10.2 Å². The summed E-state index contributed by atoms with van der Waals surface area (Å²) in [6.45, 7) is 0. The Bertz CT molecular complexity index is 662. The topological polar surface area (TPSA) is 72.8 Å². The molecule has 3 N–H and O–H groups in total. The van der Waals surface area contributed by atoms with Crippen LogP contribution in [0.5, 0.6) is 0 Å². The van der Waals surface area contributed by atoms with Gasteiger partial charge < -0.3 is 15.5 Å². The predicted octanol–water partition coefficient (Wildman–Crippen LogP) is 1.33. The van der Waals surface area contributed by atoms with Crippen molar-refractivity contribution >= 4 is 6.03 Å². The number of nitrogens with zero attached hydrogens (tertiary/aromatic N) is 1. The highest BCUT2D eigenvalue weighted by Crippen LogP contribution is 2.44. The van der Waals surface area contributed by atoms with E-state index in [0.29, 0.717) is 11.1 Å². The highest BCUT2D eigenvalue weighted by atomic mass is 16.4. The van der Waals surface area contributed by atoms with E-state index in [0.717, 1.165) is 4.90 Å². The molecule has 2 aromatic carbocycles. The number of likely N-dealkylation sites (N-methyl/N-ethyl adjacent to an activating group) is 1. The van der Waals surface area contributed by atoms with E-state index in [1.807, 2.05) is 0 Å². The normalized spacial score (nSPS) is 28.5. The summed E-state index contributed by atoms with van der Waals surface area (Å²) in [6, 6.07) is 16.7. The van der Waals surface area contributed by atoms with E-state index in [1.165, 1.54) is 7.05 Å². The van der Waals surface area contributed by atoms with Gasteiger partial charge >= 0.3 is 6.03 Å². The molecule has 1 aliphatic rings. The van der Waals surface area contributed by atoms with Gasteiger partial charge in [-0.15, -0.1) is 0 Å². The Kier molecular flexibility index (Phi) is 2.97. The molecule has 1 fully saturated rings. The summed E-state index contributed by atoms with van der Waals surface area (Å²) in [4.78, 5) is 13.2. The van der Waals surface area contributed by atoms with Gasteiger partial charge in [-0.3, -0.25) is 4.90 Å². The molecule has 0 bridgehead atoms. The number of rotatable bonds is 2. The molecular formula is C16H16N2O3. The zero-order valence-electron chi connectivity index (χ0n) is 11.5. The first-order valence-electron chi connectivity index (χ1n) is 6.62. The van der Waals surface area contributed by atoms with E-state index in [9.17, 15) is 15.0 Å². The molecule has 1 aliphatic heterocycles. The quantitative estimate of drug-likeness (QED) is 0.779. The number of hydrogen-bond donors (Lipinski definition) is 3. The lowest BCUT2D eigenvalue weighted by molar-refractivity contribution is -0.207. The summed E-state index contributed by atoms with van der Waals surface area (Å²) >= 11 is 0. The van der Waals surface area contributed by atoms with Gasteiger partial charge in [0.15, 0.2) is 0 Å². The second kappa shape index (κ2) is 4.58. The SMILES string of the molecule is CN1C(=O)NC(O)(c2ccccc2)C1(O)c1ccccc1. The number of hydrogen-bond acceptors (Lipinski definition) is 3. The van der Waals surface area contributed by atoms with Crippen molar-refractivity contribution < 1.29 is 15.0 Å². The maximum absolute atomic E-state index is 12.0. The van der Waals surface area contributed by atoms with Gasteiger partial charge in [0.05, 0.1) is 0 Å². The number of urea groups is 1. The van der Waals surface area contributed by atoms with Crippen molar-refractivity contribution in [3.05, 3.63) is 71.8 Å². The third-order valence-corrected chi connectivity index (χ3v) is 3.95. The smallest absolute Gasteiger partial charge is 0.322 e. The number of benzene rings is 2. The van der Waals surface area contributed by atoms with Crippen LogP contribution >= 0.6 is 0 Å². The Balaban J connectivity index is 2.22. The lowest BCUT2D eigenvalue weighted by Gasteiger charge is -2.39. The predicted molar refractivity (Wildman–Crippen MR) is 77.0 cm³/mol. The van der Waals surface area contributed by atoms with Crippen molar-refractivity contribution in [2.75, 3.05) is 7.05 Å². The van der Waals surface area contributed by atoms with Gasteiger partial charge in [0.25, 0.3) is 0 Å². The molecule has 0 saturated carbocycles. The number of carbonyl (C=O) groups is 1. The van der Waals surface area contributed by atoms with E-state index < -0.39 is 17.5 Å². The van der Waals surface area contributed by atoms with Crippen LogP contribution in [0.25, 0.3) is 0 Å². The van der Waals surface area contributed by atoms with Crippen molar-refractivity contribution in [3.8, 4) is 0 Å². The molecule has 21 heavy (non-hydrogen) atoms. The van der Waals surface area contributed by atoms with Gasteiger partial charge in [-0.25, -0.2) is 4.79 Å². The standard InChI is InChI=1S/C16H16N2O3/c1-18-14(19)17-15(20,12-8-4-2-5-9-12)16(18,21)13-10-6-3-7-11-13/h2-11,20-21H,1H3,(H,17,19). The van der Waals surface area contributed by atoms with Crippen molar-refractivity contribution in [2.24, 2.45) is 0 Å². The third kappa shape index (κ3) is 1.75. The molecule has 0 spiro atoms. The lowest BCUT2D eigenvalue weighted by atomic mass is 9.86. The van der Waals surface area contributed by atoms with Gasteiger partial charge in [-0.2, -0.15) is 0 Å². The lowest BCUT2D eigenvalue weighted by Crippen LogP contribution is -2.55. The fourth-order valence-corrected chi connectivity index (χ4v) is 2.74. The molecule has 0 aromatic heterocycles. The largest absolute Gasteiger partial charge is 0.363 e. The Morgan fingerprint density at radius 3 is 1.90 bits per heavy atom. The average molecular weight is 284 g/mol. The molecule has 5 heteroatoms. The number of carbonyl (C=O) groups excluding carboxylic acids is 1. The Morgan fingerprint density at radius 2 is 1.38 bits per heavy atom. The van der Waals surface area contributed by atoms with E-state index in [-0.39, 0.29) is 0 Å². The third-order valence-electron chi connectivity index (χ3n) is 3.95. The van der Waals surface area contributed by atoms with Gasteiger partial charge in [-0.05, 0) is 0 Å². The van der Waals surface area contributed by atoms with Crippen LogP contribution in [0.1, 0.15) is 11.1 Å². The summed E-state index contributed by atoms with van der Waals surface area (Å²) in [7, 11) is 1.45. The van der Waals surface area contributed by atoms with Crippen LogP contribution in [-0.4, -0.2) is 28.2 Å². The molecule has 0 aliphatic carbocycles. The Morgan fingerprint density at radius 1 is 0.905 bits per heavy atom. The molecule has 2 unspecified atom stereocenters. The monoisotopic (exact) mass is 284 g/mol. The molecular weight excluding hydrogens is 268 g/mol. The van der Waals surface area contributed by atoms with E-state index in [1.54, 1.807) is 60.7 Å². The minimum Gasteiger partial charge on any atom is -0.363 e. The highest BCUT2D eigenvalue weighted by molar-refractivity contribution is 5.79. The fourth-order valence-electron chi connectivity index (χ4n) is 2.74. The summed E-state index contributed by atoms with van der Waals surface area (Å²) in [6.07, 6.45) is 0. The minimum absolute atomic E-state index is 0.411. The number of nitrogens with one attached hydrogen (secondary N) is 1. The van der Waals surface area contributed by atoms with Crippen LogP contribution in [-0.2, 0) is 11.4 Å². The molecule has 108 valence electrons. The first-order valence-corrected chi connectivity index (χ1v) is 6.62. The summed E-state index contributed by atoms with van der Waals surface area (Å²) < 4.78 is 0. The zero-order valence-corrected chi connectivity index (χ0v) is 11.5. The van der Waals surface area contributed by atoms with Gasteiger partial charge in [-0.1, -0.05) is 60.7 Å². The van der Waals surface area contributed by atoms with Crippen LogP contribution in [0.15, 0.2) is 60.7 Å². The van der Waals surface area contributed by atoms with Crippen molar-refractivity contribution in [2.45, 2.75) is 11.4 Å². The molecule has 1 saturated heterocycles. The number of amides is 2. The van der Waals surface area contributed by atoms with Crippen LogP contribution in [0.4, 0.5) is 4.79 Å². The second-order valence-electron chi connectivity index (χ2n) is 5.10. The first kappa shape index (κ1) is 13.6. The second-order valence-corrected chi connectivity index (χ2v) is 5.10. The summed E-state index contributed by atoms with van der Waals surface area (Å²) in [5.41, 5.74) is -2.99. The van der Waals surface area contributed by atoms with Gasteiger partial charge in [0.1, 0.15) is 0 Å². The van der Waals surface area contributed by atoms with Crippen LogP contribution in [0, 0.1) is 0 Å². The van der Waals surface area contributed by atoms with E-state index >= 15 is 0 Å². The first-order chi connectivity index (χ1) is 10.00. The summed E-state index contributed by atoms with van der Waals surface area (Å²) in [5.74, 6) is 0. The zero-order chi connectivity index (χ0) is 15.1. The Labute approximate surface area is 122 Å². The summed E-state index contributed by atoms with van der Waals surface area (Å²) in [5, 5.41) is 24.7. The molecule has 0 radical (unpaired) electrons. The van der Waals surface area contributed by atoms with Crippen molar-refractivity contribution in [3.63, 3.8) is 0 Å². The van der Waals surface area contributed by atoms with Gasteiger partial charge in [0, 0.05) is 18.2 Å². The molecule has 1 heterocycles. The average Bonchev–Trinajstić information content (AvgIpc) is 2.71.